The van der Waals surface area contributed by atoms with Crippen LogP contribution in [0.2, 0.25) is 0 Å². The second kappa shape index (κ2) is 12.5. The number of hydrogen-bond donors (Lipinski definition) is 2. The summed E-state index contributed by atoms with van der Waals surface area (Å²) >= 11 is 3.35. The Labute approximate surface area is 215 Å². The van der Waals surface area contributed by atoms with Crippen LogP contribution < -0.4 is 10.6 Å². The number of amides is 2. The predicted octanol–water partition coefficient (Wildman–Crippen LogP) is 4.51. The first-order valence-corrected chi connectivity index (χ1v) is 13.9. The number of anilines is 2. The van der Waals surface area contributed by atoms with Gasteiger partial charge >= 0.3 is 11.9 Å². The maximum atomic E-state index is 12.9. The SMILES string of the molecule is CCOC(=O)c1sc(NC(=O)C(C)Sc2nnc(NC(=O)C3CCCC3)s2)c(C(=O)OCC)c1C. The maximum Gasteiger partial charge on any atom is 0.348 e. The second-order valence-electron chi connectivity index (χ2n) is 7.79. The van der Waals surface area contributed by atoms with E-state index in [1.807, 2.05) is 0 Å². The van der Waals surface area contributed by atoms with E-state index in [4.69, 9.17) is 9.47 Å². The molecule has 0 saturated heterocycles. The highest BCUT2D eigenvalue weighted by atomic mass is 32.2. The quantitative estimate of drug-likeness (QED) is 0.253. The molecule has 1 saturated carbocycles. The summed E-state index contributed by atoms with van der Waals surface area (Å²) in [6.45, 7) is 7.01. The van der Waals surface area contributed by atoms with Crippen molar-refractivity contribution in [3.63, 3.8) is 0 Å². The molecule has 2 aromatic heterocycles. The highest BCUT2D eigenvalue weighted by molar-refractivity contribution is 8.02. The summed E-state index contributed by atoms with van der Waals surface area (Å²) in [4.78, 5) is 50.3. The number of carbonyl (C=O) groups is 4. The zero-order valence-corrected chi connectivity index (χ0v) is 22.4. The molecule has 35 heavy (non-hydrogen) atoms. The molecule has 2 heterocycles. The van der Waals surface area contributed by atoms with Crippen molar-refractivity contribution in [2.24, 2.45) is 5.92 Å². The fraction of sp³-hybridized carbons (Fsp3) is 0.545. The molecular weight excluding hydrogens is 512 g/mol. The number of hydrogen-bond acceptors (Lipinski definition) is 11. The summed E-state index contributed by atoms with van der Waals surface area (Å²) in [5.41, 5.74) is 0.535. The Morgan fingerprint density at radius 1 is 1.03 bits per heavy atom. The van der Waals surface area contributed by atoms with Gasteiger partial charge in [0.1, 0.15) is 9.88 Å². The lowest BCUT2D eigenvalue weighted by molar-refractivity contribution is -0.119. The summed E-state index contributed by atoms with van der Waals surface area (Å²) in [7, 11) is 0. The standard InChI is InChI=1S/C22H28N4O6S3/c1-5-31-19(29)14-11(3)15(20(30)32-6-2)34-18(14)23-16(27)12(4)33-22-26-25-21(35-22)24-17(28)13-9-7-8-10-13/h12-13H,5-10H2,1-4H3,(H,23,27)(H,24,25,28). The summed E-state index contributed by atoms with van der Waals surface area (Å²) in [6.07, 6.45) is 3.89. The van der Waals surface area contributed by atoms with Gasteiger partial charge in [-0.2, -0.15) is 0 Å². The van der Waals surface area contributed by atoms with Gasteiger partial charge in [0.15, 0.2) is 4.34 Å². The first-order valence-electron chi connectivity index (χ1n) is 11.3. The van der Waals surface area contributed by atoms with Crippen LogP contribution in [-0.2, 0) is 19.1 Å². The first-order chi connectivity index (χ1) is 16.7. The zero-order valence-electron chi connectivity index (χ0n) is 20.0. The molecule has 0 spiro atoms. The molecule has 0 bridgehead atoms. The Kier molecular flexibility index (Phi) is 9.63. The van der Waals surface area contributed by atoms with Crippen LogP contribution in [0.25, 0.3) is 0 Å². The number of thioether (sulfide) groups is 1. The fourth-order valence-corrected chi connectivity index (χ4v) is 6.55. The third-order valence-electron chi connectivity index (χ3n) is 5.33. The Morgan fingerprint density at radius 3 is 2.34 bits per heavy atom. The molecule has 1 unspecified atom stereocenters. The van der Waals surface area contributed by atoms with E-state index in [0.29, 0.717) is 15.0 Å². The number of nitrogens with zero attached hydrogens (tertiary/aromatic N) is 2. The summed E-state index contributed by atoms with van der Waals surface area (Å²) < 4.78 is 10.7. The van der Waals surface area contributed by atoms with E-state index in [0.717, 1.165) is 37.0 Å². The molecule has 2 aromatic rings. The molecule has 2 amide bonds. The van der Waals surface area contributed by atoms with E-state index in [-0.39, 0.29) is 46.4 Å². The third-order valence-corrected chi connectivity index (χ3v) is 8.54. The van der Waals surface area contributed by atoms with Crippen molar-refractivity contribution >= 4 is 68.3 Å². The van der Waals surface area contributed by atoms with Crippen LogP contribution in [0.5, 0.6) is 0 Å². The largest absolute Gasteiger partial charge is 0.462 e. The van der Waals surface area contributed by atoms with Crippen molar-refractivity contribution < 1.29 is 28.7 Å². The van der Waals surface area contributed by atoms with Gasteiger partial charge in [0, 0.05) is 5.92 Å². The lowest BCUT2D eigenvalue weighted by atomic mass is 10.1. The monoisotopic (exact) mass is 540 g/mol. The Balaban J connectivity index is 1.68. The van der Waals surface area contributed by atoms with Crippen molar-refractivity contribution in [2.45, 2.75) is 63.0 Å². The molecule has 13 heteroatoms. The Morgan fingerprint density at radius 2 is 1.69 bits per heavy atom. The third kappa shape index (κ3) is 6.79. The summed E-state index contributed by atoms with van der Waals surface area (Å²) in [6, 6.07) is 0. The lowest BCUT2D eigenvalue weighted by Gasteiger charge is -2.11. The molecule has 10 nitrogen and oxygen atoms in total. The van der Waals surface area contributed by atoms with E-state index in [9.17, 15) is 19.2 Å². The van der Waals surface area contributed by atoms with Crippen molar-refractivity contribution in [1.82, 2.24) is 10.2 Å². The average Bonchev–Trinajstić information content (AvgIpc) is 3.55. The minimum Gasteiger partial charge on any atom is -0.462 e. The number of thiophene rings is 1. The van der Waals surface area contributed by atoms with Crippen molar-refractivity contribution in [3.8, 4) is 0 Å². The molecular formula is C22H28N4O6S3. The van der Waals surface area contributed by atoms with Crippen LogP contribution in [0.4, 0.5) is 10.1 Å². The van der Waals surface area contributed by atoms with Gasteiger partial charge in [-0.05, 0) is 46.1 Å². The Hall–Kier alpha value is -2.51. The van der Waals surface area contributed by atoms with Gasteiger partial charge < -0.3 is 20.1 Å². The number of esters is 2. The highest BCUT2D eigenvalue weighted by Gasteiger charge is 2.29. The fourth-order valence-electron chi connectivity index (χ4n) is 3.56. The molecule has 1 aliphatic rings. The molecule has 1 aliphatic carbocycles. The van der Waals surface area contributed by atoms with Crippen LogP contribution in [0, 0.1) is 12.8 Å². The van der Waals surface area contributed by atoms with E-state index in [2.05, 4.69) is 20.8 Å². The minimum atomic E-state index is -0.626. The maximum absolute atomic E-state index is 12.9. The molecule has 2 N–H and O–H groups in total. The summed E-state index contributed by atoms with van der Waals surface area (Å²) in [5.74, 6) is -1.60. The van der Waals surface area contributed by atoms with Gasteiger partial charge in [-0.15, -0.1) is 21.5 Å². The number of carbonyl (C=O) groups excluding carboxylic acids is 4. The van der Waals surface area contributed by atoms with E-state index in [1.165, 1.54) is 23.1 Å². The summed E-state index contributed by atoms with van der Waals surface area (Å²) in [5, 5.41) is 13.6. The molecule has 0 radical (unpaired) electrons. The average molecular weight is 541 g/mol. The topological polar surface area (TPSA) is 137 Å². The predicted molar refractivity (Wildman–Crippen MR) is 135 cm³/mol. The van der Waals surface area contributed by atoms with Crippen LogP contribution in [0.15, 0.2) is 4.34 Å². The van der Waals surface area contributed by atoms with Crippen molar-refractivity contribution in [2.75, 3.05) is 23.8 Å². The molecule has 3 rings (SSSR count). The van der Waals surface area contributed by atoms with Crippen LogP contribution in [-0.4, -0.2) is 52.4 Å². The molecule has 0 aromatic carbocycles. The first kappa shape index (κ1) is 27.1. The normalized spacial score (nSPS) is 14.4. The molecule has 1 atom stereocenters. The number of rotatable bonds is 10. The van der Waals surface area contributed by atoms with E-state index in [1.54, 1.807) is 27.7 Å². The zero-order chi connectivity index (χ0) is 25.5. The smallest absolute Gasteiger partial charge is 0.348 e. The van der Waals surface area contributed by atoms with Gasteiger partial charge in [0.25, 0.3) is 0 Å². The van der Waals surface area contributed by atoms with Crippen LogP contribution in [0.1, 0.15) is 72.0 Å². The van der Waals surface area contributed by atoms with Crippen molar-refractivity contribution in [1.29, 1.82) is 0 Å². The van der Waals surface area contributed by atoms with Crippen molar-refractivity contribution in [3.05, 3.63) is 16.0 Å². The number of ether oxygens (including phenoxy) is 2. The van der Waals surface area contributed by atoms with Crippen LogP contribution in [0.3, 0.4) is 0 Å². The minimum absolute atomic E-state index is 0.0158. The molecule has 190 valence electrons. The molecule has 1 fully saturated rings. The number of nitrogens with one attached hydrogen (secondary N) is 2. The van der Waals surface area contributed by atoms with E-state index >= 15 is 0 Å². The van der Waals surface area contributed by atoms with Crippen LogP contribution >= 0.6 is 34.4 Å². The molecule has 0 aliphatic heterocycles. The lowest BCUT2D eigenvalue weighted by Crippen LogP contribution is -2.23. The van der Waals surface area contributed by atoms with Gasteiger partial charge in [0.2, 0.25) is 16.9 Å². The van der Waals surface area contributed by atoms with Gasteiger partial charge in [-0.1, -0.05) is 35.9 Å². The van der Waals surface area contributed by atoms with Gasteiger partial charge in [-0.3, -0.25) is 9.59 Å². The number of aromatic nitrogens is 2. The second-order valence-corrected chi connectivity index (χ2v) is 11.4. The highest BCUT2D eigenvalue weighted by Crippen LogP contribution is 2.36. The van der Waals surface area contributed by atoms with Gasteiger partial charge in [-0.25, -0.2) is 9.59 Å². The Bertz CT molecular complexity index is 1090. The van der Waals surface area contributed by atoms with Gasteiger partial charge in [0.05, 0.1) is 24.0 Å². The van der Waals surface area contributed by atoms with E-state index < -0.39 is 17.2 Å².